The normalized spacial score (nSPS) is 11.7. The Morgan fingerprint density at radius 3 is 1.14 bits per heavy atom. The highest BCUT2D eigenvalue weighted by molar-refractivity contribution is 6.12. The molecule has 0 heterocycles. The lowest BCUT2D eigenvalue weighted by Gasteiger charge is -2.15. The second kappa shape index (κ2) is 9.72. The SMILES string of the molecule is c1ccc(N=Nc2ccc3ccccc3c2-c2c(N=Nc3ccccc3)ccc3ccccc23)cc1. The van der Waals surface area contributed by atoms with E-state index in [1.54, 1.807) is 0 Å². The number of hydrogen-bond donors (Lipinski definition) is 0. The molecule has 4 nitrogen and oxygen atoms in total. The van der Waals surface area contributed by atoms with Gasteiger partial charge >= 0.3 is 0 Å². The molecule has 0 atom stereocenters. The summed E-state index contributed by atoms with van der Waals surface area (Å²) < 4.78 is 0. The lowest BCUT2D eigenvalue weighted by atomic mass is 9.91. The molecule has 6 rings (SSSR count). The van der Waals surface area contributed by atoms with E-state index >= 15 is 0 Å². The van der Waals surface area contributed by atoms with Crippen molar-refractivity contribution < 1.29 is 0 Å². The Bertz CT molecular complexity index is 1590. The standard InChI is InChI=1S/C32H22N4/c1-3-13-25(14-4-1)33-35-29-21-19-23-11-7-9-17-27(23)31(29)32-28-18-10-8-12-24(28)20-22-30(32)36-34-26-15-5-2-6-16-26/h1-22H. The lowest BCUT2D eigenvalue weighted by Crippen LogP contribution is -1.87. The third-order valence-corrected chi connectivity index (χ3v) is 6.12. The van der Waals surface area contributed by atoms with Crippen molar-refractivity contribution >= 4 is 44.3 Å². The minimum Gasteiger partial charge on any atom is -0.151 e. The molecule has 36 heavy (non-hydrogen) atoms. The molecule has 0 saturated heterocycles. The third kappa shape index (κ3) is 4.28. The molecule has 170 valence electrons. The van der Waals surface area contributed by atoms with Gasteiger partial charge in [-0.2, -0.15) is 10.2 Å². The van der Waals surface area contributed by atoms with Crippen LogP contribution in [0.25, 0.3) is 32.7 Å². The van der Waals surface area contributed by atoms with E-state index in [0.717, 1.165) is 55.4 Å². The lowest BCUT2D eigenvalue weighted by molar-refractivity contribution is 1.22. The number of rotatable bonds is 5. The summed E-state index contributed by atoms with van der Waals surface area (Å²) in [6.45, 7) is 0. The molecule has 6 aromatic rings. The Balaban J connectivity index is 1.63. The molecule has 0 amide bonds. The van der Waals surface area contributed by atoms with Crippen molar-refractivity contribution in [3.05, 3.63) is 133 Å². The average molecular weight is 463 g/mol. The average Bonchev–Trinajstić information content (AvgIpc) is 2.95. The smallest absolute Gasteiger partial charge is 0.0942 e. The predicted molar refractivity (Wildman–Crippen MR) is 148 cm³/mol. The van der Waals surface area contributed by atoms with Crippen LogP contribution in [0.5, 0.6) is 0 Å². The molecule has 0 aromatic heterocycles. The maximum Gasteiger partial charge on any atom is 0.0942 e. The van der Waals surface area contributed by atoms with E-state index in [4.69, 9.17) is 10.2 Å². The molecule has 0 radical (unpaired) electrons. The Labute approximate surface area is 209 Å². The molecule has 0 aliphatic carbocycles. The van der Waals surface area contributed by atoms with Gasteiger partial charge in [-0.15, -0.1) is 10.2 Å². The van der Waals surface area contributed by atoms with Crippen molar-refractivity contribution in [2.45, 2.75) is 0 Å². The molecule has 0 unspecified atom stereocenters. The van der Waals surface area contributed by atoms with E-state index in [-0.39, 0.29) is 0 Å². The second-order valence-electron chi connectivity index (χ2n) is 8.43. The van der Waals surface area contributed by atoms with E-state index in [0.29, 0.717) is 0 Å². The zero-order valence-corrected chi connectivity index (χ0v) is 19.5. The van der Waals surface area contributed by atoms with E-state index in [1.807, 2.05) is 72.8 Å². The molecular weight excluding hydrogens is 440 g/mol. The van der Waals surface area contributed by atoms with Crippen molar-refractivity contribution in [3.63, 3.8) is 0 Å². The molecule has 0 aliphatic rings. The molecule has 0 spiro atoms. The highest BCUT2D eigenvalue weighted by Gasteiger charge is 2.17. The second-order valence-corrected chi connectivity index (χ2v) is 8.43. The number of azo groups is 2. The topological polar surface area (TPSA) is 49.4 Å². The minimum absolute atomic E-state index is 0.782. The van der Waals surface area contributed by atoms with E-state index in [9.17, 15) is 0 Å². The number of nitrogens with zero attached hydrogens (tertiary/aromatic N) is 4. The molecule has 0 saturated carbocycles. The molecule has 0 N–H and O–H groups in total. The van der Waals surface area contributed by atoms with Gasteiger partial charge in [-0.05, 0) is 57.9 Å². The monoisotopic (exact) mass is 462 g/mol. The quantitative estimate of drug-likeness (QED) is 0.229. The van der Waals surface area contributed by atoms with Gasteiger partial charge in [-0.25, -0.2) is 0 Å². The molecule has 0 aliphatic heterocycles. The van der Waals surface area contributed by atoms with Crippen LogP contribution < -0.4 is 0 Å². The molecule has 4 heteroatoms. The van der Waals surface area contributed by atoms with Gasteiger partial charge < -0.3 is 0 Å². The van der Waals surface area contributed by atoms with Crippen molar-refractivity contribution in [1.29, 1.82) is 0 Å². The molecular formula is C32H22N4. The number of fused-ring (bicyclic) bond motifs is 2. The summed E-state index contributed by atoms with van der Waals surface area (Å²) in [4.78, 5) is 0. The Kier molecular flexibility index (Phi) is 5.83. The zero-order valence-electron chi connectivity index (χ0n) is 19.5. The van der Waals surface area contributed by atoms with Crippen LogP contribution >= 0.6 is 0 Å². The Hall–Kier alpha value is -4.96. The fraction of sp³-hybridized carbons (Fsp3) is 0. The highest BCUT2D eigenvalue weighted by Crippen LogP contribution is 2.46. The van der Waals surface area contributed by atoms with Crippen LogP contribution in [-0.2, 0) is 0 Å². The van der Waals surface area contributed by atoms with Gasteiger partial charge in [0.05, 0.1) is 22.7 Å². The summed E-state index contributed by atoms with van der Waals surface area (Å²) >= 11 is 0. The van der Waals surface area contributed by atoms with Crippen LogP contribution in [0.15, 0.2) is 154 Å². The number of benzene rings is 6. The van der Waals surface area contributed by atoms with Crippen LogP contribution in [0, 0.1) is 0 Å². The largest absolute Gasteiger partial charge is 0.151 e. The molecule has 6 aromatic carbocycles. The van der Waals surface area contributed by atoms with Gasteiger partial charge in [-0.1, -0.05) is 97.1 Å². The van der Waals surface area contributed by atoms with Crippen molar-refractivity contribution in [1.82, 2.24) is 0 Å². The van der Waals surface area contributed by atoms with E-state index < -0.39 is 0 Å². The molecule has 0 bridgehead atoms. The van der Waals surface area contributed by atoms with Crippen molar-refractivity contribution in [2.24, 2.45) is 20.5 Å². The van der Waals surface area contributed by atoms with Crippen LogP contribution in [-0.4, -0.2) is 0 Å². The van der Waals surface area contributed by atoms with Gasteiger partial charge in [0, 0.05) is 11.1 Å². The van der Waals surface area contributed by atoms with E-state index in [1.165, 1.54) is 0 Å². The van der Waals surface area contributed by atoms with Crippen molar-refractivity contribution in [3.8, 4) is 11.1 Å². The zero-order chi connectivity index (χ0) is 24.2. The first-order valence-electron chi connectivity index (χ1n) is 11.8. The van der Waals surface area contributed by atoms with Gasteiger partial charge in [-0.3, -0.25) is 0 Å². The van der Waals surface area contributed by atoms with Gasteiger partial charge in [0.15, 0.2) is 0 Å². The third-order valence-electron chi connectivity index (χ3n) is 6.12. The first-order valence-corrected chi connectivity index (χ1v) is 11.8. The van der Waals surface area contributed by atoms with Crippen LogP contribution in [0.3, 0.4) is 0 Å². The summed E-state index contributed by atoms with van der Waals surface area (Å²) in [5, 5.41) is 23.0. The predicted octanol–water partition coefficient (Wildman–Crippen LogP) is 10.5. The van der Waals surface area contributed by atoms with Gasteiger partial charge in [0.2, 0.25) is 0 Å². The van der Waals surface area contributed by atoms with Crippen molar-refractivity contribution in [2.75, 3.05) is 0 Å². The molecule has 0 fully saturated rings. The fourth-order valence-corrected chi connectivity index (χ4v) is 4.42. The Morgan fingerprint density at radius 2 is 0.694 bits per heavy atom. The first-order chi connectivity index (χ1) is 17.9. The minimum atomic E-state index is 0.782. The summed E-state index contributed by atoms with van der Waals surface area (Å²) in [5.74, 6) is 0. The summed E-state index contributed by atoms with van der Waals surface area (Å²) in [6, 6.07) is 44.5. The fourth-order valence-electron chi connectivity index (χ4n) is 4.42. The van der Waals surface area contributed by atoms with Crippen LogP contribution in [0.1, 0.15) is 0 Å². The first kappa shape index (κ1) is 21.6. The highest BCUT2D eigenvalue weighted by atomic mass is 15.1. The van der Waals surface area contributed by atoms with E-state index in [2.05, 4.69) is 70.9 Å². The summed E-state index contributed by atoms with van der Waals surface area (Å²) in [5.41, 5.74) is 5.16. The maximum atomic E-state index is 4.72. The summed E-state index contributed by atoms with van der Waals surface area (Å²) in [7, 11) is 0. The van der Waals surface area contributed by atoms with Gasteiger partial charge in [0.25, 0.3) is 0 Å². The Morgan fingerprint density at radius 1 is 0.306 bits per heavy atom. The van der Waals surface area contributed by atoms with Crippen LogP contribution in [0.4, 0.5) is 22.7 Å². The summed E-state index contributed by atoms with van der Waals surface area (Å²) in [6.07, 6.45) is 0. The number of hydrogen-bond acceptors (Lipinski definition) is 4. The maximum absolute atomic E-state index is 4.72. The van der Waals surface area contributed by atoms with Gasteiger partial charge in [0.1, 0.15) is 0 Å². The van der Waals surface area contributed by atoms with Crippen LogP contribution in [0.2, 0.25) is 0 Å².